The van der Waals surface area contributed by atoms with Crippen molar-refractivity contribution in [1.29, 1.82) is 0 Å². The van der Waals surface area contributed by atoms with E-state index in [1.165, 1.54) is 12.1 Å². The molecule has 0 aliphatic carbocycles. The van der Waals surface area contributed by atoms with Crippen LogP contribution in [0, 0.1) is 13.8 Å². The molecule has 2 rings (SSSR count). The molecule has 6 heteroatoms. The lowest BCUT2D eigenvalue weighted by Crippen LogP contribution is -2.23. The van der Waals surface area contributed by atoms with E-state index in [1.54, 1.807) is 36.7 Å². The lowest BCUT2D eigenvalue weighted by molar-refractivity contribution is -0.116. The number of hydrogen-bond donors (Lipinski definition) is 1. The number of pyridine rings is 2. The number of hydrogen-bond acceptors (Lipinski definition) is 3. The number of halogens is 1. The van der Waals surface area contributed by atoms with Crippen LogP contribution in [0.15, 0.2) is 35.3 Å². The van der Waals surface area contributed by atoms with Crippen molar-refractivity contribution in [3.63, 3.8) is 0 Å². The van der Waals surface area contributed by atoms with Gasteiger partial charge in [0.1, 0.15) is 6.54 Å². The fourth-order valence-electron chi connectivity index (χ4n) is 1.95. The molecule has 0 saturated heterocycles. The molecule has 0 radical (unpaired) electrons. The Kier molecular flexibility index (Phi) is 4.20. The Hall–Kier alpha value is -2.14. The van der Waals surface area contributed by atoms with Gasteiger partial charge in [0.2, 0.25) is 5.91 Å². The molecule has 2 aromatic heterocycles. The van der Waals surface area contributed by atoms with Crippen LogP contribution < -0.4 is 10.7 Å². The van der Waals surface area contributed by atoms with Gasteiger partial charge in [0.25, 0.3) is 0 Å². The van der Waals surface area contributed by atoms with E-state index >= 15 is 0 Å². The maximum Gasteiger partial charge on any atom is 0.244 e. The second kappa shape index (κ2) is 5.88. The highest BCUT2D eigenvalue weighted by Gasteiger charge is 2.09. The van der Waals surface area contributed by atoms with Crippen molar-refractivity contribution in [2.24, 2.45) is 0 Å². The Labute approximate surface area is 121 Å². The van der Waals surface area contributed by atoms with E-state index in [0.29, 0.717) is 5.69 Å². The van der Waals surface area contributed by atoms with Crippen LogP contribution in [-0.4, -0.2) is 15.5 Å². The van der Waals surface area contributed by atoms with Gasteiger partial charge >= 0.3 is 0 Å². The molecule has 0 saturated carbocycles. The Morgan fingerprint density at radius 1 is 1.35 bits per heavy atom. The number of anilines is 1. The molecule has 104 valence electrons. The van der Waals surface area contributed by atoms with E-state index in [9.17, 15) is 9.59 Å². The van der Waals surface area contributed by atoms with Crippen molar-refractivity contribution in [1.82, 2.24) is 9.55 Å². The fourth-order valence-corrected chi connectivity index (χ4v) is 2.12. The zero-order valence-corrected chi connectivity index (χ0v) is 11.9. The standard InChI is InChI=1S/C14H14ClN3O2/c1-9-6-11(19)7-10(2)18(9)8-13(20)17-12-4-3-5-16-14(12)15/h3-7H,8H2,1-2H3,(H,17,20). The minimum atomic E-state index is -0.227. The summed E-state index contributed by atoms with van der Waals surface area (Å²) in [6.07, 6.45) is 1.55. The third kappa shape index (κ3) is 3.24. The molecular formula is C14H14ClN3O2. The van der Waals surface area contributed by atoms with Crippen LogP contribution in [0.4, 0.5) is 5.69 Å². The summed E-state index contributed by atoms with van der Waals surface area (Å²) in [5.74, 6) is -0.227. The summed E-state index contributed by atoms with van der Waals surface area (Å²) in [5, 5.41) is 2.94. The summed E-state index contributed by atoms with van der Waals surface area (Å²) in [5.41, 5.74) is 1.88. The van der Waals surface area contributed by atoms with E-state index in [0.717, 1.165) is 11.4 Å². The molecule has 1 amide bonds. The number of aryl methyl sites for hydroxylation is 2. The number of carbonyl (C=O) groups excluding carboxylic acids is 1. The molecule has 0 unspecified atom stereocenters. The van der Waals surface area contributed by atoms with Gasteiger partial charge in [0, 0.05) is 29.7 Å². The average Bonchev–Trinajstić information content (AvgIpc) is 2.36. The van der Waals surface area contributed by atoms with Crippen molar-refractivity contribution in [3.8, 4) is 0 Å². The molecule has 0 spiro atoms. The summed E-state index contributed by atoms with van der Waals surface area (Å²) < 4.78 is 1.76. The van der Waals surface area contributed by atoms with Crippen molar-refractivity contribution in [3.05, 3.63) is 57.2 Å². The normalized spacial score (nSPS) is 10.3. The van der Waals surface area contributed by atoms with E-state index < -0.39 is 0 Å². The van der Waals surface area contributed by atoms with E-state index in [4.69, 9.17) is 11.6 Å². The summed E-state index contributed by atoms with van der Waals surface area (Å²) in [7, 11) is 0. The minimum absolute atomic E-state index is 0.0630. The number of aromatic nitrogens is 2. The Morgan fingerprint density at radius 3 is 2.60 bits per heavy atom. The summed E-state index contributed by atoms with van der Waals surface area (Å²) >= 11 is 5.88. The van der Waals surface area contributed by atoms with Crippen molar-refractivity contribution in [2.75, 3.05) is 5.32 Å². The number of amides is 1. The average molecular weight is 292 g/mol. The number of nitrogens with zero attached hydrogens (tertiary/aromatic N) is 2. The van der Waals surface area contributed by atoms with Gasteiger partial charge in [-0.2, -0.15) is 0 Å². The number of carbonyl (C=O) groups is 1. The Bertz CT molecular complexity index is 684. The zero-order valence-electron chi connectivity index (χ0n) is 11.2. The smallest absolute Gasteiger partial charge is 0.244 e. The topological polar surface area (TPSA) is 64.0 Å². The van der Waals surface area contributed by atoms with Crippen LogP contribution in [0.1, 0.15) is 11.4 Å². The molecule has 0 aromatic carbocycles. The first kappa shape index (κ1) is 14.3. The van der Waals surface area contributed by atoms with E-state index in [-0.39, 0.29) is 23.0 Å². The molecule has 2 aromatic rings. The van der Waals surface area contributed by atoms with Crippen LogP contribution in [-0.2, 0) is 11.3 Å². The summed E-state index contributed by atoms with van der Waals surface area (Å²) in [6, 6.07) is 6.37. The lowest BCUT2D eigenvalue weighted by Gasteiger charge is -2.14. The largest absolute Gasteiger partial charge is 0.340 e. The van der Waals surface area contributed by atoms with Gasteiger partial charge < -0.3 is 9.88 Å². The molecule has 0 aliphatic rings. The first-order valence-corrected chi connectivity index (χ1v) is 6.43. The lowest BCUT2D eigenvalue weighted by atomic mass is 10.3. The third-order valence-electron chi connectivity index (χ3n) is 2.89. The quantitative estimate of drug-likeness (QED) is 0.881. The molecule has 2 heterocycles. The number of rotatable bonds is 3. The van der Waals surface area contributed by atoms with E-state index in [2.05, 4.69) is 10.3 Å². The van der Waals surface area contributed by atoms with Crippen molar-refractivity contribution >= 4 is 23.2 Å². The highest BCUT2D eigenvalue weighted by atomic mass is 35.5. The molecule has 5 nitrogen and oxygen atoms in total. The van der Waals surface area contributed by atoms with Gasteiger partial charge in [-0.25, -0.2) is 4.98 Å². The first-order valence-electron chi connectivity index (χ1n) is 6.06. The van der Waals surface area contributed by atoms with Gasteiger partial charge in [0.15, 0.2) is 10.6 Å². The molecule has 0 bridgehead atoms. The van der Waals surface area contributed by atoms with E-state index in [1.807, 2.05) is 0 Å². The van der Waals surface area contributed by atoms with Gasteiger partial charge in [0.05, 0.1) is 5.69 Å². The zero-order chi connectivity index (χ0) is 14.7. The Morgan fingerprint density at radius 2 is 2.00 bits per heavy atom. The molecular weight excluding hydrogens is 278 g/mol. The van der Waals surface area contributed by atoms with Gasteiger partial charge in [-0.3, -0.25) is 9.59 Å². The highest BCUT2D eigenvalue weighted by molar-refractivity contribution is 6.32. The predicted molar refractivity (Wildman–Crippen MR) is 78.1 cm³/mol. The predicted octanol–water partition coefficient (Wildman–Crippen LogP) is 2.15. The van der Waals surface area contributed by atoms with Crippen molar-refractivity contribution in [2.45, 2.75) is 20.4 Å². The third-order valence-corrected chi connectivity index (χ3v) is 3.19. The Balaban J connectivity index is 2.17. The first-order chi connectivity index (χ1) is 9.47. The highest BCUT2D eigenvalue weighted by Crippen LogP contribution is 2.17. The molecule has 1 N–H and O–H groups in total. The van der Waals surface area contributed by atoms with Crippen molar-refractivity contribution < 1.29 is 4.79 Å². The SMILES string of the molecule is Cc1cc(=O)cc(C)n1CC(=O)Nc1cccnc1Cl. The van der Waals surface area contributed by atoms with Gasteiger partial charge in [-0.05, 0) is 26.0 Å². The summed E-state index contributed by atoms with van der Waals surface area (Å²) in [6.45, 7) is 3.70. The monoisotopic (exact) mass is 291 g/mol. The molecule has 0 aliphatic heterocycles. The number of nitrogens with one attached hydrogen (secondary N) is 1. The fraction of sp³-hybridized carbons (Fsp3) is 0.214. The van der Waals surface area contributed by atoms with Gasteiger partial charge in [-0.15, -0.1) is 0 Å². The van der Waals surface area contributed by atoms with Crippen LogP contribution >= 0.6 is 11.6 Å². The van der Waals surface area contributed by atoms with Crippen LogP contribution in [0.3, 0.4) is 0 Å². The second-order valence-corrected chi connectivity index (χ2v) is 4.81. The maximum atomic E-state index is 12.0. The van der Waals surface area contributed by atoms with Crippen LogP contribution in [0.25, 0.3) is 0 Å². The molecule has 20 heavy (non-hydrogen) atoms. The summed E-state index contributed by atoms with van der Waals surface area (Å²) in [4.78, 5) is 27.3. The molecule has 0 atom stereocenters. The van der Waals surface area contributed by atoms with Crippen LogP contribution in [0.5, 0.6) is 0 Å². The second-order valence-electron chi connectivity index (χ2n) is 4.45. The van der Waals surface area contributed by atoms with Gasteiger partial charge in [-0.1, -0.05) is 11.6 Å². The maximum absolute atomic E-state index is 12.0. The molecule has 0 fully saturated rings. The minimum Gasteiger partial charge on any atom is -0.340 e. The van der Waals surface area contributed by atoms with Crippen LogP contribution in [0.2, 0.25) is 5.15 Å².